The van der Waals surface area contributed by atoms with E-state index in [-0.39, 0.29) is 5.78 Å². The van der Waals surface area contributed by atoms with Crippen molar-refractivity contribution in [3.05, 3.63) is 16.1 Å². The van der Waals surface area contributed by atoms with Crippen LogP contribution in [0.5, 0.6) is 0 Å². The number of Topliss-reactive ketones (excluding diaryl/α,β-unsaturated/α-hetero) is 1. The normalized spacial score (nSPS) is 9.80. The Bertz CT molecular complexity index is 242. The van der Waals surface area contributed by atoms with Crippen LogP contribution in [0.3, 0.4) is 0 Å². The summed E-state index contributed by atoms with van der Waals surface area (Å²) in [5.41, 5.74) is 0. The van der Waals surface area contributed by atoms with E-state index in [2.05, 4.69) is 4.98 Å². The van der Waals surface area contributed by atoms with Crippen molar-refractivity contribution in [3.8, 4) is 0 Å². The first-order chi connectivity index (χ1) is 4.74. The molecule has 10 heavy (non-hydrogen) atoms. The molecular weight excluding hydrogens is 146 g/mol. The van der Waals surface area contributed by atoms with E-state index in [1.54, 1.807) is 6.20 Å². The molecular formula is C7H9NOS. The topological polar surface area (TPSA) is 30.0 Å². The second kappa shape index (κ2) is 2.92. The molecule has 1 rings (SSSR count). The van der Waals surface area contributed by atoms with E-state index in [1.165, 1.54) is 11.3 Å². The molecule has 0 spiro atoms. The summed E-state index contributed by atoms with van der Waals surface area (Å²) in [7, 11) is 0. The number of thiazole rings is 1. The Balaban J connectivity index is 2.85. The Morgan fingerprint density at radius 3 is 2.90 bits per heavy atom. The molecule has 0 radical (unpaired) electrons. The molecule has 54 valence electrons. The minimum atomic E-state index is 0.137. The molecule has 0 amide bonds. The second-order valence-electron chi connectivity index (χ2n) is 2.05. The van der Waals surface area contributed by atoms with E-state index < -0.39 is 0 Å². The predicted molar refractivity (Wildman–Crippen MR) is 41.5 cm³/mol. The Morgan fingerprint density at radius 1 is 1.80 bits per heavy atom. The van der Waals surface area contributed by atoms with Crippen molar-refractivity contribution in [1.82, 2.24) is 4.98 Å². The van der Waals surface area contributed by atoms with Crippen molar-refractivity contribution in [1.29, 1.82) is 0 Å². The maximum absolute atomic E-state index is 11.0. The quantitative estimate of drug-likeness (QED) is 0.612. The highest BCUT2D eigenvalue weighted by Crippen LogP contribution is 2.12. The van der Waals surface area contributed by atoms with Crippen molar-refractivity contribution in [2.75, 3.05) is 0 Å². The van der Waals surface area contributed by atoms with Gasteiger partial charge in [-0.1, -0.05) is 6.92 Å². The van der Waals surface area contributed by atoms with Crippen LogP contribution in [0, 0.1) is 6.92 Å². The largest absolute Gasteiger partial charge is 0.292 e. The molecule has 3 heteroatoms. The number of carbonyl (C=O) groups is 1. The third kappa shape index (κ3) is 1.42. The molecule has 0 aliphatic rings. The van der Waals surface area contributed by atoms with Gasteiger partial charge in [0, 0.05) is 17.5 Å². The number of aromatic nitrogens is 1. The lowest BCUT2D eigenvalue weighted by Crippen LogP contribution is -1.93. The van der Waals surface area contributed by atoms with Crippen LogP contribution < -0.4 is 0 Å². The van der Waals surface area contributed by atoms with Gasteiger partial charge in [-0.25, -0.2) is 4.98 Å². The van der Waals surface area contributed by atoms with E-state index in [4.69, 9.17) is 0 Å². The molecule has 0 atom stereocenters. The highest BCUT2D eigenvalue weighted by Gasteiger charge is 2.05. The monoisotopic (exact) mass is 155 g/mol. The SMILES string of the molecule is CCC(=O)c1ncc(C)s1. The Hall–Kier alpha value is -0.700. The van der Waals surface area contributed by atoms with Gasteiger partial charge in [-0.15, -0.1) is 11.3 Å². The van der Waals surface area contributed by atoms with Gasteiger partial charge in [-0.2, -0.15) is 0 Å². The van der Waals surface area contributed by atoms with Crippen molar-refractivity contribution >= 4 is 17.1 Å². The number of ketones is 1. The van der Waals surface area contributed by atoms with Crippen molar-refractivity contribution < 1.29 is 4.79 Å². The standard InChI is InChI=1S/C7H9NOS/c1-3-6(9)7-8-4-5(2)10-7/h4H,3H2,1-2H3. The first kappa shape index (κ1) is 7.41. The van der Waals surface area contributed by atoms with Gasteiger partial charge in [-0.3, -0.25) is 4.79 Å². The minimum Gasteiger partial charge on any atom is -0.292 e. The lowest BCUT2D eigenvalue weighted by atomic mass is 10.3. The van der Waals surface area contributed by atoms with Gasteiger partial charge in [0.05, 0.1) is 0 Å². The van der Waals surface area contributed by atoms with Gasteiger partial charge in [0.2, 0.25) is 0 Å². The first-order valence-corrected chi connectivity index (χ1v) is 4.01. The lowest BCUT2D eigenvalue weighted by molar-refractivity contribution is 0.0988. The van der Waals surface area contributed by atoms with Gasteiger partial charge >= 0.3 is 0 Å². The summed E-state index contributed by atoms with van der Waals surface area (Å²) in [5, 5.41) is 0.639. The highest BCUT2D eigenvalue weighted by molar-refractivity contribution is 7.13. The van der Waals surface area contributed by atoms with Crippen LogP contribution in [-0.2, 0) is 0 Å². The third-order valence-electron chi connectivity index (χ3n) is 1.18. The molecule has 1 aromatic heterocycles. The summed E-state index contributed by atoms with van der Waals surface area (Å²) in [6.45, 7) is 3.79. The fourth-order valence-electron chi connectivity index (χ4n) is 0.635. The highest BCUT2D eigenvalue weighted by atomic mass is 32.1. The maximum Gasteiger partial charge on any atom is 0.191 e. The zero-order chi connectivity index (χ0) is 7.56. The van der Waals surface area contributed by atoms with Crippen LogP contribution in [0.4, 0.5) is 0 Å². The van der Waals surface area contributed by atoms with Crippen LogP contribution >= 0.6 is 11.3 Å². The number of nitrogens with zero attached hydrogens (tertiary/aromatic N) is 1. The summed E-state index contributed by atoms with van der Waals surface area (Å²) in [6, 6.07) is 0. The first-order valence-electron chi connectivity index (χ1n) is 3.19. The van der Waals surface area contributed by atoms with Gasteiger partial charge in [0.25, 0.3) is 0 Å². The molecule has 0 saturated carbocycles. The zero-order valence-corrected chi connectivity index (χ0v) is 6.86. The summed E-state index contributed by atoms with van der Waals surface area (Å²) in [4.78, 5) is 16.0. The molecule has 0 aromatic carbocycles. The van der Waals surface area contributed by atoms with E-state index in [1.807, 2.05) is 13.8 Å². The van der Waals surface area contributed by atoms with Gasteiger partial charge in [0.15, 0.2) is 10.8 Å². The van der Waals surface area contributed by atoms with Crippen LogP contribution in [0.25, 0.3) is 0 Å². The average molecular weight is 155 g/mol. The van der Waals surface area contributed by atoms with Gasteiger partial charge in [-0.05, 0) is 6.92 Å². The van der Waals surface area contributed by atoms with Crippen molar-refractivity contribution in [2.24, 2.45) is 0 Å². The minimum absolute atomic E-state index is 0.137. The summed E-state index contributed by atoms with van der Waals surface area (Å²) in [6.07, 6.45) is 2.28. The van der Waals surface area contributed by atoms with E-state index in [9.17, 15) is 4.79 Å². The Morgan fingerprint density at radius 2 is 2.50 bits per heavy atom. The molecule has 0 N–H and O–H groups in total. The lowest BCUT2D eigenvalue weighted by Gasteiger charge is -1.85. The molecule has 0 bridgehead atoms. The molecule has 0 aliphatic carbocycles. The fraction of sp³-hybridized carbons (Fsp3) is 0.429. The maximum atomic E-state index is 11.0. The van der Waals surface area contributed by atoms with Gasteiger partial charge in [0.1, 0.15) is 0 Å². The number of hydrogen-bond donors (Lipinski definition) is 0. The van der Waals surface area contributed by atoms with Crippen molar-refractivity contribution in [3.63, 3.8) is 0 Å². The number of carbonyl (C=O) groups excluding carboxylic acids is 1. The Labute approximate surface area is 63.9 Å². The van der Waals surface area contributed by atoms with Crippen LogP contribution in [0.2, 0.25) is 0 Å². The Kier molecular flexibility index (Phi) is 2.17. The molecule has 0 saturated heterocycles. The third-order valence-corrected chi connectivity index (χ3v) is 2.13. The number of rotatable bonds is 2. The predicted octanol–water partition coefficient (Wildman–Crippen LogP) is 2.04. The van der Waals surface area contributed by atoms with E-state index >= 15 is 0 Å². The van der Waals surface area contributed by atoms with Crippen molar-refractivity contribution in [2.45, 2.75) is 20.3 Å². The van der Waals surface area contributed by atoms with Crippen LogP contribution in [-0.4, -0.2) is 10.8 Å². The molecule has 0 fully saturated rings. The fourth-order valence-corrected chi connectivity index (χ4v) is 1.41. The molecule has 1 heterocycles. The number of hydrogen-bond acceptors (Lipinski definition) is 3. The average Bonchev–Trinajstić information content (AvgIpc) is 2.34. The van der Waals surface area contributed by atoms with Crippen LogP contribution in [0.15, 0.2) is 6.20 Å². The molecule has 2 nitrogen and oxygen atoms in total. The van der Waals surface area contributed by atoms with E-state index in [0.717, 1.165) is 4.88 Å². The number of aryl methyl sites for hydroxylation is 1. The molecule has 0 aliphatic heterocycles. The van der Waals surface area contributed by atoms with Gasteiger partial charge < -0.3 is 0 Å². The summed E-state index contributed by atoms with van der Waals surface area (Å²) < 4.78 is 0. The second-order valence-corrected chi connectivity index (χ2v) is 3.29. The van der Waals surface area contributed by atoms with Crippen LogP contribution in [0.1, 0.15) is 28.0 Å². The summed E-state index contributed by atoms with van der Waals surface area (Å²) >= 11 is 1.46. The molecule has 1 aromatic rings. The molecule has 0 unspecified atom stereocenters. The zero-order valence-electron chi connectivity index (χ0n) is 6.05. The van der Waals surface area contributed by atoms with E-state index in [0.29, 0.717) is 11.4 Å². The smallest absolute Gasteiger partial charge is 0.191 e. The summed E-state index contributed by atoms with van der Waals surface area (Å²) in [5.74, 6) is 0.137.